The van der Waals surface area contributed by atoms with E-state index in [0.717, 1.165) is 30.5 Å². The molecule has 2 amide bonds. The molecule has 1 saturated carbocycles. The van der Waals surface area contributed by atoms with E-state index in [1.807, 2.05) is 41.5 Å². The lowest BCUT2D eigenvalue weighted by atomic mass is 10.1. The van der Waals surface area contributed by atoms with Crippen molar-refractivity contribution in [3.63, 3.8) is 0 Å². The van der Waals surface area contributed by atoms with E-state index in [-0.39, 0.29) is 89.8 Å². The van der Waals surface area contributed by atoms with Crippen molar-refractivity contribution in [1.29, 1.82) is 0 Å². The average Bonchev–Trinajstić information content (AvgIpc) is 4.09. The number of carbonyl (C=O) groups is 4. The number of carbonyl (C=O) groups excluding carboxylic acids is 4. The fourth-order valence-corrected chi connectivity index (χ4v) is 8.99. The summed E-state index contributed by atoms with van der Waals surface area (Å²) in [5.74, 6) is -2.95. The van der Waals surface area contributed by atoms with Crippen molar-refractivity contribution in [3.8, 4) is 23.0 Å². The van der Waals surface area contributed by atoms with Crippen LogP contribution >= 0.6 is 34.8 Å². The van der Waals surface area contributed by atoms with Crippen LogP contribution < -0.4 is 30.6 Å². The molecule has 0 unspecified atom stereocenters. The predicted octanol–water partition coefficient (Wildman–Crippen LogP) is 13.3. The first-order valence-electron chi connectivity index (χ1n) is 23.7. The second-order valence-corrected chi connectivity index (χ2v) is 24.8. The zero-order chi connectivity index (χ0) is 56.2. The van der Waals surface area contributed by atoms with Crippen LogP contribution in [0.25, 0.3) is 0 Å². The molecule has 1 aliphatic rings. The Labute approximate surface area is 452 Å². The van der Waals surface area contributed by atoms with Gasteiger partial charge in [-0.2, -0.15) is 0 Å². The minimum atomic E-state index is -4.26. The summed E-state index contributed by atoms with van der Waals surface area (Å²) in [5, 5.41) is 5.79. The number of nitrogens with one attached hydrogen (secondary N) is 3. The zero-order valence-electron chi connectivity index (χ0n) is 43.9. The van der Waals surface area contributed by atoms with E-state index in [1.165, 1.54) is 48.5 Å². The lowest BCUT2D eigenvalue weighted by Gasteiger charge is -2.21. The van der Waals surface area contributed by atoms with Gasteiger partial charge < -0.3 is 35.3 Å². The molecule has 0 bridgehead atoms. The van der Waals surface area contributed by atoms with Gasteiger partial charge in [-0.25, -0.2) is 17.2 Å². The second kappa shape index (κ2) is 23.4. The molecule has 404 valence electrons. The molecule has 75 heavy (non-hydrogen) atoms. The number of amides is 2. The van der Waals surface area contributed by atoms with Crippen LogP contribution in [0.2, 0.25) is 15.1 Å². The van der Waals surface area contributed by atoms with E-state index in [0.29, 0.717) is 11.5 Å². The topological polar surface area (TPSA) is 201 Å². The fraction of sp³-hybridized carbons (Fsp3) is 0.382. The van der Waals surface area contributed by atoms with Gasteiger partial charge >= 0.3 is 11.9 Å². The molecule has 1 fully saturated rings. The van der Waals surface area contributed by atoms with Crippen LogP contribution in [0.4, 0.5) is 20.2 Å². The lowest BCUT2D eigenvalue weighted by Crippen LogP contribution is -2.40. The Morgan fingerprint density at radius 1 is 0.587 bits per heavy atom. The molecule has 6 rings (SSSR count). The van der Waals surface area contributed by atoms with Crippen LogP contribution in [-0.4, -0.2) is 54.5 Å². The van der Waals surface area contributed by atoms with Gasteiger partial charge in [0.2, 0.25) is 0 Å². The van der Waals surface area contributed by atoms with Crippen molar-refractivity contribution in [2.45, 2.75) is 142 Å². The molecule has 14 nitrogen and oxygen atoms in total. The maximum Gasteiger partial charge on any atom is 0.310 e. The number of hydrogen-bond donors (Lipinski definition) is 4. The lowest BCUT2D eigenvalue weighted by molar-refractivity contribution is -0.155. The Morgan fingerprint density at radius 2 is 1.03 bits per heavy atom. The second-order valence-electron chi connectivity index (χ2n) is 21.9. The number of ether oxygens (including phenoxy) is 4. The first-order valence-corrected chi connectivity index (χ1v) is 26.3. The largest absolute Gasteiger partial charge is 0.460 e. The number of nitrogen functional groups attached to an aromatic ring is 1. The highest BCUT2D eigenvalue weighted by molar-refractivity contribution is 7.92. The van der Waals surface area contributed by atoms with Crippen LogP contribution in [0.5, 0.6) is 23.0 Å². The number of nitrogens with two attached hydrogens (primary N) is 1. The number of hydrogen-bond acceptors (Lipinski definition) is 11. The molecule has 0 aromatic heterocycles. The predicted molar refractivity (Wildman–Crippen MR) is 288 cm³/mol. The van der Waals surface area contributed by atoms with Crippen LogP contribution in [0.15, 0.2) is 83.8 Å². The maximum atomic E-state index is 15.1. The number of esters is 2. The molecule has 0 radical (unpaired) electrons. The van der Waals surface area contributed by atoms with Gasteiger partial charge in [0.15, 0.2) is 5.75 Å². The summed E-state index contributed by atoms with van der Waals surface area (Å²) in [6.07, 6.45) is 1.43. The van der Waals surface area contributed by atoms with E-state index < -0.39 is 61.8 Å². The van der Waals surface area contributed by atoms with Gasteiger partial charge in [-0.3, -0.25) is 23.9 Å². The molecular formula is C55H63Cl3F2N4O10S. The van der Waals surface area contributed by atoms with Crippen molar-refractivity contribution >= 4 is 80.0 Å². The van der Waals surface area contributed by atoms with Gasteiger partial charge in [0.25, 0.3) is 21.8 Å². The van der Waals surface area contributed by atoms with Gasteiger partial charge in [-0.15, -0.1) is 0 Å². The van der Waals surface area contributed by atoms with Crippen molar-refractivity contribution in [2.75, 3.05) is 10.5 Å². The number of halogens is 5. The molecule has 5 aromatic carbocycles. The Morgan fingerprint density at radius 3 is 1.44 bits per heavy atom. The summed E-state index contributed by atoms with van der Waals surface area (Å²) in [6.45, 7) is 21.3. The molecule has 0 spiro atoms. The van der Waals surface area contributed by atoms with E-state index in [9.17, 15) is 32.0 Å². The molecule has 5 aromatic rings. The molecule has 0 aliphatic heterocycles. The van der Waals surface area contributed by atoms with Crippen LogP contribution in [0.1, 0.15) is 139 Å². The molecular weight excluding hydrogens is 1050 g/mol. The van der Waals surface area contributed by atoms with Crippen molar-refractivity contribution in [1.82, 2.24) is 10.6 Å². The number of anilines is 2. The van der Waals surface area contributed by atoms with Crippen molar-refractivity contribution < 1.29 is 55.3 Å². The smallest absolute Gasteiger partial charge is 0.310 e. The van der Waals surface area contributed by atoms with Gasteiger partial charge in [-0.1, -0.05) is 40.9 Å². The van der Waals surface area contributed by atoms with Gasteiger partial charge in [-0.05, 0) is 168 Å². The molecule has 5 N–H and O–H groups in total. The Balaban J connectivity index is 0.000000295. The minimum Gasteiger partial charge on any atom is -0.460 e. The standard InChI is InChI=1S/C32H35Cl2FN2O6S.C23H28ClFN2O4/c1-31(2,3)36-30(39)20-9-11-26(42-27-17-24(35)21(14-22(27)33)16-29(38)43-32(4,5)6)25(15-20)37-44(40,41)28-12-10-19(13-23(28)34)18-7-8-18;1-22(2,3)27-21(29)13-7-8-18(17(26)10-13)30-19-12-16(25)14(9-15(19)24)11-20(28)31-23(4,5)6/h9-15,17-18,37H,7-8,16H2,1-6H3,(H,36,39);7-10,12H,11,26H2,1-6H3,(H,27,29). The van der Waals surface area contributed by atoms with E-state index in [1.54, 1.807) is 59.7 Å². The first kappa shape index (κ1) is 59.7. The summed E-state index contributed by atoms with van der Waals surface area (Å²) < 4.78 is 81.1. The highest BCUT2D eigenvalue weighted by Crippen LogP contribution is 2.43. The third kappa shape index (κ3) is 18.3. The SMILES string of the molecule is CC(C)(C)NC(=O)c1ccc(Oc2cc(F)c(CC(=O)OC(C)(C)C)cc2Cl)c(N)c1.CC(C)(C)NC(=O)c1ccc(Oc2cc(F)c(CC(=O)OC(C)(C)C)cc2Cl)c(NS(=O)(=O)c2ccc(C3CC3)cc2Cl)c1. The molecule has 20 heteroatoms. The molecule has 0 saturated heterocycles. The van der Waals surface area contributed by atoms with E-state index >= 15 is 4.39 Å². The minimum absolute atomic E-state index is 0.00369. The van der Waals surface area contributed by atoms with Gasteiger partial charge in [0.05, 0.1) is 39.3 Å². The van der Waals surface area contributed by atoms with Crippen LogP contribution in [-0.2, 0) is 41.9 Å². The van der Waals surface area contributed by atoms with Crippen molar-refractivity contribution in [3.05, 3.63) is 133 Å². The summed E-state index contributed by atoms with van der Waals surface area (Å²) in [6, 6.07) is 18.1. The summed E-state index contributed by atoms with van der Waals surface area (Å²) >= 11 is 19.0. The molecule has 0 atom stereocenters. The summed E-state index contributed by atoms with van der Waals surface area (Å²) in [4.78, 5) is 49.3. The zero-order valence-corrected chi connectivity index (χ0v) is 47.0. The van der Waals surface area contributed by atoms with Crippen LogP contribution in [0, 0.1) is 11.6 Å². The van der Waals surface area contributed by atoms with Gasteiger partial charge in [0, 0.05) is 45.5 Å². The first-order chi connectivity index (χ1) is 34.5. The normalized spacial score (nSPS) is 12.9. The van der Waals surface area contributed by atoms with E-state index in [4.69, 9.17) is 59.5 Å². The van der Waals surface area contributed by atoms with Gasteiger partial charge in [0.1, 0.15) is 45.0 Å². The Bertz CT molecular complexity index is 3100. The summed E-state index contributed by atoms with van der Waals surface area (Å²) in [7, 11) is -4.26. The third-order valence-electron chi connectivity index (χ3n) is 10.2. The fourth-order valence-electron chi connectivity index (χ4n) is 6.92. The average molecular weight is 1120 g/mol. The number of sulfonamides is 1. The quantitative estimate of drug-likeness (QED) is 0.0609. The van der Waals surface area contributed by atoms with E-state index in [2.05, 4.69) is 15.4 Å². The molecule has 0 heterocycles. The molecule has 1 aliphatic carbocycles. The summed E-state index contributed by atoms with van der Waals surface area (Å²) in [5.41, 5.74) is 5.28. The maximum absolute atomic E-state index is 15.1. The monoisotopic (exact) mass is 1110 g/mol. The highest BCUT2D eigenvalue weighted by Gasteiger charge is 2.28. The highest BCUT2D eigenvalue weighted by atomic mass is 35.5. The number of benzene rings is 5. The number of rotatable bonds is 14. The van der Waals surface area contributed by atoms with Crippen LogP contribution in [0.3, 0.4) is 0 Å². The van der Waals surface area contributed by atoms with Crippen molar-refractivity contribution in [2.24, 2.45) is 0 Å². The Kier molecular flexibility index (Phi) is 18.6. The Hall–Kier alpha value is -6.14. The third-order valence-corrected chi connectivity index (χ3v) is 12.6.